The second-order valence-electron chi connectivity index (χ2n) is 4.53. The summed E-state index contributed by atoms with van der Waals surface area (Å²) in [5, 5.41) is 2.42. The van der Waals surface area contributed by atoms with Gasteiger partial charge in [-0.25, -0.2) is 0 Å². The molecule has 1 saturated carbocycles. The SMILES string of the molecule is O=C([C]1[CH][CH]C(c2ccccc2)[CH][C]1Cl)c1cccs1.[C-]#[O+].[C-]#[O+].[C-]#[O+].[Mn]. The van der Waals surface area contributed by atoms with Crippen LogP contribution in [0.3, 0.4) is 0 Å². The second kappa shape index (κ2) is 16.8. The van der Waals surface area contributed by atoms with Gasteiger partial charge in [-0.2, -0.15) is 0 Å². The Bertz CT molecular complexity index is 684. The second-order valence-corrected chi connectivity index (χ2v) is 5.89. The Hall–Kier alpha value is -1.38. The van der Waals surface area contributed by atoms with Gasteiger partial charge in [0, 0.05) is 17.1 Å². The van der Waals surface area contributed by atoms with Crippen molar-refractivity contribution in [2.75, 3.05) is 0 Å². The van der Waals surface area contributed by atoms with Gasteiger partial charge in [-0.15, -0.1) is 22.9 Å². The fraction of sp³-hybridized carbons (Fsp3) is 0.0500. The summed E-state index contributed by atoms with van der Waals surface area (Å²) in [5.74, 6) is 0.689. The Kier molecular flexibility index (Phi) is 17.3. The van der Waals surface area contributed by atoms with Crippen LogP contribution in [0.1, 0.15) is 21.2 Å². The minimum Gasteiger partial charge on any atom is 0 e. The maximum Gasteiger partial charge on any atom is 0 e. The first-order valence-corrected chi connectivity index (χ1v) is 8.18. The quantitative estimate of drug-likeness (QED) is 0.299. The van der Waals surface area contributed by atoms with Gasteiger partial charge in [0.25, 0.3) is 0 Å². The van der Waals surface area contributed by atoms with E-state index in [4.69, 9.17) is 25.6 Å². The van der Waals surface area contributed by atoms with Crippen molar-refractivity contribution in [3.05, 3.63) is 109 Å². The van der Waals surface area contributed by atoms with Gasteiger partial charge in [-0.3, -0.25) is 4.79 Å². The van der Waals surface area contributed by atoms with Crippen molar-refractivity contribution in [3.8, 4) is 0 Å². The van der Waals surface area contributed by atoms with Crippen molar-refractivity contribution < 1.29 is 35.8 Å². The first kappa shape index (κ1) is 27.8. The summed E-state index contributed by atoms with van der Waals surface area (Å²) in [6, 6.07) is 13.8. The normalized spacial score (nSPS) is 15.7. The average molecular weight is 439 g/mol. The third-order valence-electron chi connectivity index (χ3n) is 3.23. The Morgan fingerprint density at radius 1 is 0.963 bits per heavy atom. The smallest absolute Gasteiger partial charge is 0 e. The predicted octanol–water partition coefficient (Wildman–Crippen LogP) is 4.57. The summed E-state index contributed by atoms with van der Waals surface area (Å²) in [4.78, 5) is 13.0. The number of ketones is 1. The molecule has 1 aromatic heterocycles. The molecule has 1 unspecified atom stereocenters. The number of Topliss-reactive ketones (excluding diaryl/α,β-unsaturated/α-hetero) is 1. The molecule has 0 aliphatic heterocycles. The molecular weight excluding hydrogens is 427 g/mol. The van der Waals surface area contributed by atoms with Gasteiger partial charge in [0.1, 0.15) is 0 Å². The van der Waals surface area contributed by atoms with Gasteiger partial charge in [0.05, 0.1) is 16.2 Å². The van der Waals surface area contributed by atoms with Gasteiger partial charge in [-0.1, -0.05) is 36.4 Å². The molecule has 0 amide bonds. The molecule has 1 fully saturated rings. The van der Waals surface area contributed by atoms with Crippen LogP contribution in [0.2, 0.25) is 0 Å². The molecule has 136 valence electrons. The first-order valence-electron chi connectivity index (χ1n) is 6.93. The van der Waals surface area contributed by atoms with E-state index in [1.165, 1.54) is 16.9 Å². The fourth-order valence-electron chi connectivity index (χ4n) is 2.19. The predicted molar refractivity (Wildman–Crippen MR) is 94.9 cm³/mol. The molecule has 1 aliphatic carbocycles. The van der Waals surface area contributed by atoms with Crippen LogP contribution >= 0.6 is 22.9 Å². The molecule has 1 aliphatic rings. The summed E-state index contributed by atoms with van der Waals surface area (Å²) in [6.07, 6.45) is 5.78. The summed E-state index contributed by atoms with van der Waals surface area (Å²) in [5.41, 5.74) is 1.17. The molecule has 1 aromatic carbocycles. The van der Waals surface area contributed by atoms with Crippen LogP contribution < -0.4 is 0 Å². The van der Waals surface area contributed by atoms with Crippen LogP contribution in [0.4, 0.5) is 0 Å². The molecule has 0 N–H and O–H groups in total. The molecule has 3 rings (SSSR count). The van der Waals surface area contributed by atoms with E-state index in [9.17, 15) is 4.79 Å². The third-order valence-corrected chi connectivity index (χ3v) is 4.43. The molecular formula is C20H12ClMnO4S. The van der Waals surface area contributed by atoms with Gasteiger partial charge in [0.2, 0.25) is 0 Å². The zero-order valence-electron chi connectivity index (χ0n) is 13.7. The molecule has 1 atom stereocenters. The van der Waals surface area contributed by atoms with E-state index < -0.39 is 0 Å². The molecule has 1 heterocycles. The largest absolute Gasteiger partial charge is 0 e. The first-order chi connectivity index (χ1) is 12.8. The Labute approximate surface area is 178 Å². The molecule has 0 spiro atoms. The number of thiophene rings is 1. The van der Waals surface area contributed by atoms with Crippen molar-refractivity contribution >= 4 is 28.7 Å². The van der Waals surface area contributed by atoms with Crippen molar-refractivity contribution in [1.29, 1.82) is 0 Å². The Morgan fingerprint density at radius 2 is 1.56 bits per heavy atom. The van der Waals surface area contributed by atoms with E-state index in [1.54, 1.807) is 0 Å². The number of rotatable bonds is 3. The van der Waals surface area contributed by atoms with Gasteiger partial charge < -0.3 is 0 Å². The van der Waals surface area contributed by atoms with Crippen LogP contribution in [-0.2, 0) is 31.0 Å². The zero-order chi connectivity index (χ0) is 19.9. The van der Waals surface area contributed by atoms with E-state index >= 15 is 0 Å². The van der Waals surface area contributed by atoms with Crippen LogP contribution in [-0.4, -0.2) is 5.78 Å². The number of halogens is 1. The van der Waals surface area contributed by atoms with Gasteiger partial charge in [0.15, 0.2) is 5.78 Å². The van der Waals surface area contributed by atoms with Gasteiger partial charge >= 0.3 is 33.9 Å². The molecule has 0 bridgehead atoms. The topological polar surface area (TPSA) is 76.8 Å². The van der Waals surface area contributed by atoms with Crippen LogP contribution in [0.15, 0.2) is 47.8 Å². The number of hydrogen-bond acceptors (Lipinski definition) is 2. The molecule has 27 heavy (non-hydrogen) atoms. The Morgan fingerprint density at radius 3 is 2.04 bits per heavy atom. The monoisotopic (exact) mass is 438 g/mol. The number of carbonyl (C=O) groups is 1. The minimum absolute atomic E-state index is 0. The summed E-state index contributed by atoms with van der Waals surface area (Å²) in [6.45, 7) is 13.5. The van der Waals surface area contributed by atoms with E-state index in [2.05, 4.69) is 32.1 Å². The van der Waals surface area contributed by atoms with Crippen molar-refractivity contribution in [2.24, 2.45) is 0 Å². The zero-order valence-corrected chi connectivity index (χ0v) is 16.5. The Balaban J connectivity index is 0. The number of benzene rings is 1. The van der Waals surface area contributed by atoms with Crippen LogP contribution in [0.5, 0.6) is 0 Å². The third kappa shape index (κ3) is 8.45. The maximum absolute atomic E-state index is 12.3. The van der Waals surface area contributed by atoms with Crippen LogP contribution in [0.25, 0.3) is 0 Å². The summed E-state index contributed by atoms with van der Waals surface area (Å²) >= 11 is 7.73. The fourth-order valence-corrected chi connectivity index (χ4v) is 3.15. The average Bonchev–Trinajstić information content (AvgIpc) is 3.27. The standard InChI is InChI=1S/C17H12ClOS.3CO.Mn/c18-15-11-13(12-5-2-1-3-6-12)8-9-14(15)17(19)16-7-4-10-20-16;3*1-2;/h1-11,13H;;;;. The van der Waals surface area contributed by atoms with Crippen molar-refractivity contribution in [2.45, 2.75) is 5.92 Å². The van der Waals surface area contributed by atoms with Gasteiger partial charge in [-0.05, 0) is 42.2 Å². The van der Waals surface area contributed by atoms with E-state index in [0.717, 1.165) is 4.88 Å². The van der Waals surface area contributed by atoms with E-state index in [-0.39, 0.29) is 28.8 Å². The molecule has 4 nitrogen and oxygen atoms in total. The number of carbonyl (C=O) groups excluding carboxylic acids is 1. The van der Waals surface area contributed by atoms with Crippen LogP contribution in [0, 0.1) is 50.5 Å². The molecule has 2 aromatic rings. The van der Waals surface area contributed by atoms with Crippen molar-refractivity contribution in [1.82, 2.24) is 0 Å². The summed E-state index contributed by atoms with van der Waals surface area (Å²) < 4.78 is 22.5. The molecule has 6 radical (unpaired) electrons. The minimum atomic E-state index is -0.0102. The summed E-state index contributed by atoms with van der Waals surface area (Å²) in [7, 11) is 0. The van der Waals surface area contributed by atoms with E-state index in [1.807, 2.05) is 55.0 Å². The molecule has 0 saturated heterocycles. The maximum atomic E-state index is 12.3. The molecule has 7 heteroatoms. The van der Waals surface area contributed by atoms with Crippen molar-refractivity contribution in [3.63, 3.8) is 0 Å². The number of hydrogen-bond donors (Lipinski definition) is 0. The van der Waals surface area contributed by atoms with E-state index in [0.29, 0.717) is 11.3 Å².